The molecule has 0 heterocycles. The summed E-state index contributed by atoms with van der Waals surface area (Å²) in [4.78, 5) is 2.45. The highest BCUT2D eigenvalue weighted by molar-refractivity contribution is 6.01. The van der Waals surface area contributed by atoms with Gasteiger partial charge in [0, 0.05) is 17.1 Å². The molecule has 0 atom stereocenters. The van der Waals surface area contributed by atoms with Crippen LogP contribution < -0.4 is 4.90 Å². The molecule has 0 aliphatic heterocycles. The Balaban J connectivity index is 0.948. The van der Waals surface area contributed by atoms with E-state index < -0.39 is 5.41 Å². The highest BCUT2D eigenvalue weighted by Gasteiger charge is 2.51. The van der Waals surface area contributed by atoms with E-state index >= 15 is 0 Å². The van der Waals surface area contributed by atoms with Crippen molar-refractivity contribution in [2.75, 3.05) is 4.90 Å². The monoisotopic (exact) mass is 913 g/mol. The van der Waals surface area contributed by atoms with Crippen LogP contribution in [-0.4, -0.2) is 0 Å². The smallest absolute Gasteiger partial charge is 0.0726 e. The second kappa shape index (κ2) is 17.0. The summed E-state index contributed by atoms with van der Waals surface area (Å²) in [5.41, 5.74) is 25.3. The van der Waals surface area contributed by atoms with E-state index in [1.165, 1.54) is 105 Å². The molecule has 0 radical (unpaired) electrons. The molecule has 2 aliphatic carbocycles. The minimum absolute atomic E-state index is 0.458. The molecule has 14 rings (SSSR count). The molecule has 0 fully saturated rings. The SMILES string of the molecule is c1ccc(-c2ccccc2-c2c(-c3ccccc3)cccc2-c2ccc(N(c3ccc(-c4ccc5ccccc5c4)cc3)c3ccc4c(c3)C3(c5ccccc5-c5ccccc53)c3ccccc3-4)cc2)cc1. The normalized spacial score (nSPS) is 12.6. The molecule has 0 bridgehead atoms. The Morgan fingerprint density at radius 3 is 1.19 bits per heavy atom. The van der Waals surface area contributed by atoms with Gasteiger partial charge in [0.2, 0.25) is 0 Å². The maximum absolute atomic E-state index is 2.49. The molecule has 0 unspecified atom stereocenters. The first-order valence-corrected chi connectivity index (χ1v) is 25.0. The van der Waals surface area contributed by atoms with Crippen LogP contribution in [0.3, 0.4) is 0 Å². The van der Waals surface area contributed by atoms with E-state index in [1.807, 2.05) is 0 Å². The summed E-state index contributed by atoms with van der Waals surface area (Å²) in [5.74, 6) is 0. The lowest BCUT2D eigenvalue weighted by molar-refractivity contribution is 0.793. The molecular formula is C71H47N. The van der Waals surface area contributed by atoms with Gasteiger partial charge in [0.1, 0.15) is 0 Å². The van der Waals surface area contributed by atoms with Gasteiger partial charge in [-0.05, 0) is 153 Å². The third-order valence-corrected chi connectivity index (χ3v) is 15.3. The minimum Gasteiger partial charge on any atom is -0.310 e. The molecule has 72 heavy (non-hydrogen) atoms. The fourth-order valence-corrected chi connectivity index (χ4v) is 12.1. The summed E-state index contributed by atoms with van der Waals surface area (Å²) in [5, 5.41) is 2.49. The largest absolute Gasteiger partial charge is 0.310 e. The Bertz CT molecular complexity index is 3950. The molecule has 12 aromatic carbocycles. The van der Waals surface area contributed by atoms with Crippen LogP contribution in [0.15, 0.2) is 285 Å². The zero-order valence-corrected chi connectivity index (χ0v) is 39.6. The van der Waals surface area contributed by atoms with Gasteiger partial charge in [-0.3, -0.25) is 0 Å². The Kier molecular flexibility index (Phi) is 9.82. The number of hydrogen-bond acceptors (Lipinski definition) is 1. The number of hydrogen-bond donors (Lipinski definition) is 0. The molecule has 2 aliphatic rings. The van der Waals surface area contributed by atoms with E-state index in [0.717, 1.165) is 22.6 Å². The predicted molar refractivity (Wildman–Crippen MR) is 302 cm³/mol. The average molecular weight is 914 g/mol. The Labute approximate surface area is 421 Å². The summed E-state index contributed by atoms with van der Waals surface area (Å²) in [6, 6.07) is 105. The maximum Gasteiger partial charge on any atom is 0.0726 e. The molecule has 1 heteroatoms. The Hall–Kier alpha value is -9.30. The summed E-state index contributed by atoms with van der Waals surface area (Å²) < 4.78 is 0. The molecule has 1 spiro atoms. The van der Waals surface area contributed by atoms with E-state index in [1.54, 1.807) is 0 Å². The van der Waals surface area contributed by atoms with Crippen LogP contribution in [0.4, 0.5) is 17.1 Å². The van der Waals surface area contributed by atoms with E-state index in [9.17, 15) is 0 Å². The summed E-state index contributed by atoms with van der Waals surface area (Å²) in [6.45, 7) is 0. The first kappa shape index (κ1) is 41.7. The number of fused-ring (bicyclic) bond motifs is 11. The van der Waals surface area contributed by atoms with Gasteiger partial charge < -0.3 is 4.90 Å². The van der Waals surface area contributed by atoms with E-state index in [4.69, 9.17) is 0 Å². The second-order valence-corrected chi connectivity index (χ2v) is 19.1. The number of nitrogens with zero attached hydrogens (tertiary/aromatic N) is 1. The van der Waals surface area contributed by atoms with Gasteiger partial charge >= 0.3 is 0 Å². The van der Waals surface area contributed by atoms with Gasteiger partial charge in [0.05, 0.1) is 5.41 Å². The Morgan fingerprint density at radius 2 is 0.611 bits per heavy atom. The topological polar surface area (TPSA) is 3.24 Å². The van der Waals surface area contributed by atoms with Gasteiger partial charge in [0.25, 0.3) is 0 Å². The lowest BCUT2D eigenvalue weighted by atomic mass is 9.70. The van der Waals surface area contributed by atoms with Crippen molar-refractivity contribution >= 4 is 27.8 Å². The van der Waals surface area contributed by atoms with Crippen molar-refractivity contribution in [1.82, 2.24) is 0 Å². The molecule has 12 aromatic rings. The van der Waals surface area contributed by atoms with Crippen LogP contribution >= 0.6 is 0 Å². The first-order valence-electron chi connectivity index (χ1n) is 25.0. The lowest BCUT2D eigenvalue weighted by Gasteiger charge is -2.32. The van der Waals surface area contributed by atoms with Crippen LogP contribution in [-0.2, 0) is 5.41 Å². The summed E-state index contributed by atoms with van der Waals surface area (Å²) >= 11 is 0. The van der Waals surface area contributed by atoms with Gasteiger partial charge in [0.15, 0.2) is 0 Å². The predicted octanol–water partition coefficient (Wildman–Crippen LogP) is 19.0. The third-order valence-electron chi connectivity index (χ3n) is 15.3. The van der Waals surface area contributed by atoms with Crippen LogP contribution in [0.5, 0.6) is 0 Å². The molecule has 0 N–H and O–H groups in total. The Morgan fingerprint density at radius 1 is 0.208 bits per heavy atom. The number of anilines is 3. The van der Waals surface area contributed by atoms with Gasteiger partial charge in [-0.25, -0.2) is 0 Å². The van der Waals surface area contributed by atoms with Crippen molar-refractivity contribution in [3.63, 3.8) is 0 Å². The van der Waals surface area contributed by atoms with Crippen LogP contribution in [0.2, 0.25) is 0 Å². The average Bonchev–Trinajstić information content (AvgIpc) is 3.93. The van der Waals surface area contributed by atoms with Crippen molar-refractivity contribution in [2.45, 2.75) is 5.41 Å². The zero-order chi connectivity index (χ0) is 47.6. The molecule has 0 aromatic heterocycles. The van der Waals surface area contributed by atoms with Crippen molar-refractivity contribution in [1.29, 1.82) is 0 Å². The van der Waals surface area contributed by atoms with E-state index in [2.05, 4.69) is 290 Å². The standard InChI is InChI=1S/C71H47N/c1-3-19-50(20-4-1)58-24-9-10-28-65(58)70-59(51-21-5-2-6-22-51)29-17-30-60(70)52-38-42-56(43-39-52)72(55-40-36-49(37-41-55)54-35-34-48-18-7-8-23-53(48)46-54)57-44-45-64-63-27-13-16-33-68(63)71(69(64)47-57)66-31-14-11-25-61(66)62-26-12-15-32-67(62)71/h1-47H. The van der Waals surface area contributed by atoms with Crippen LogP contribution in [0, 0.1) is 0 Å². The number of rotatable bonds is 8. The molecule has 0 saturated heterocycles. The quantitative estimate of drug-likeness (QED) is 0.147. The highest BCUT2D eigenvalue weighted by Crippen LogP contribution is 2.63. The van der Waals surface area contributed by atoms with Gasteiger partial charge in [-0.2, -0.15) is 0 Å². The molecular weight excluding hydrogens is 867 g/mol. The van der Waals surface area contributed by atoms with Crippen molar-refractivity contribution in [3.8, 4) is 77.9 Å². The van der Waals surface area contributed by atoms with Crippen molar-refractivity contribution in [2.24, 2.45) is 0 Å². The first-order chi connectivity index (χ1) is 35.7. The maximum atomic E-state index is 2.49. The fraction of sp³-hybridized carbons (Fsp3) is 0.0141. The van der Waals surface area contributed by atoms with Crippen molar-refractivity contribution in [3.05, 3.63) is 307 Å². The highest BCUT2D eigenvalue weighted by atomic mass is 15.1. The lowest BCUT2D eigenvalue weighted by Crippen LogP contribution is -2.26. The van der Waals surface area contributed by atoms with Gasteiger partial charge in [-0.1, -0.05) is 243 Å². The molecule has 1 nitrogen and oxygen atoms in total. The summed E-state index contributed by atoms with van der Waals surface area (Å²) in [7, 11) is 0. The fourth-order valence-electron chi connectivity index (χ4n) is 12.1. The minimum atomic E-state index is -0.458. The third kappa shape index (κ3) is 6.55. The van der Waals surface area contributed by atoms with Gasteiger partial charge in [-0.15, -0.1) is 0 Å². The van der Waals surface area contributed by atoms with Crippen molar-refractivity contribution < 1.29 is 0 Å². The summed E-state index contributed by atoms with van der Waals surface area (Å²) in [6.07, 6.45) is 0. The van der Waals surface area contributed by atoms with E-state index in [-0.39, 0.29) is 0 Å². The molecule has 0 saturated carbocycles. The van der Waals surface area contributed by atoms with E-state index in [0.29, 0.717) is 0 Å². The van der Waals surface area contributed by atoms with Crippen LogP contribution in [0.25, 0.3) is 88.7 Å². The zero-order valence-electron chi connectivity index (χ0n) is 39.6. The van der Waals surface area contributed by atoms with Crippen LogP contribution in [0.1, 0.15) is 22.3 Å². The number of benzene rings is 12. The molecule has 0 amide bonds. The second-order valence-electron chi connectivity index (χ2n) is 19.1. The molecule has 336 valence electrons.